The zero-order chi connectivity index (χ0) is 16.2. The van der Waals surface area contributed by atoms with E-state index >= 15 is 0 Å². The molecule has 3 nitrogen and oxygen atoms in total. The highest BCUT2D eigenvalue weighted by atomic mass is 16.5. The molecule has 0 saturated heterocycles. The van der Waals surface area contributed by atoms with E-state index in [1.165, 1.54) is 16.7 Å². The van der Waals surface area contributed by atoms with Crippen molar-refractivity contribution < 1.29 is 9.47 Å². The van der Waals surface area contributed by atoms with Gasteiger partial charge in [0.25, 0.3) is 0 Å². The smallest absolute Gasteiger partial charge is 0.213 e. The number of aromatic nitrogens is 1. The molecule has 2 aromatic rings. The maximum atomic E-state index is 5.71. The second kappa shape index (κ2) is 6.82. The lowest BCUT2D eigenvalue weighted by molar-refractivity contribution is 0.211. The van der Waals surface area contributed by atoms with Crippen molar-refractivity contribution in [3.8, 4) is 11.6 Å². The van der Waals surface area contributed by atoms with Crippen LogP contribution in [0.2, 0.25) is 0 Å². The van der Waals surface area contributed by atoms with Gasteiger partial charge < -0.3 is 9.47 Å². The van der Waals surface area contributed by atoms with Gasteiger partial charge in [0, 0.05) is 12.3 Å². The molecule has 0 spiro atoms. The molecule has 3 heteroatoms. The van der Waals surface area contributed by atoms with Crippen molar-refractivity contribution >= 4 is 0 Å². The molecule has 0 aliphatic rings. The summed E-state index contributed by atoms with van der Waals surface area (Å²) in [5.41, 5.74) is 3.72. The summed E-state index contributed by atoms with van der Waals surface area (Å²) in [7, 11) is 0. The molecule has 0 amide bonds. The Morgan fingerprint density at radius 3 is 2.09 bits per heavy atom. The number of hydrogen-bond donors (Lipinski definition) is 0. The third-order valence-electron chi connectivity index (χ3n) is 3.40. The minimum absolute atomic E-state index is 0.109. The Bertz CT molecular complexity index is 592. The van der Waals surface area contributed by atoms with E-state index in [2.05, 4.69) is 51.7 Å². The SMILES string of the molecule is Cc1cc(C)cc(OCCOc2ccc(C(C)(C)C)cn2)c1. The first-order valence-corrected chi connectivity index (χ1v) is 7.65. The van der Waals surface area contributed by atoms with Crippen LogP contribution >= 0.6 is 0 Å². The summed E-state index contributed by atoms with van der Waals surface area (Å²) in [6.45, 7) is 11.6. The molecule has 0 aliphatic heterocycles. The number of rotatable bonds is 5. The van der Waals surface area contributed by atoms with E-state index in [1.807, 2.05) is 24.4 Å². The van der Waals surface area contributed by atoms with E-state index in [0.717, 1.165) is 5.75 Å². The van der Waals surface area contributed by atoms with Crippen molar-refractivity contribution in [2.24, 2.45) is 0 Å². The average molecular weight is 299 g/mol. The van der Waals surface area contributed by atoms with Gasteiger partial charge in [-0.3, -0.25) is 0 Å². The summed E-state index contributed by atoms with van der Waals surface area (Å²) >= 11 is 0. The predicted molar refractivity (Wildman–Crippen MR) is 89.8 cm³/mol. The fraction of sp³-hybridized carbons (Fsp3) is 0.421. The van der Waals surface area contributed by atoms with Crippen LogP contribution in [0.15, 0.2) is 36.5 Å². The molecule has 1 aromatic carbocycles. The van der Waals surface area contributed by atoms with Gasteiger partial charge in [0.15, 0.2) is 0 Å². The summed E-state index contributed by atoms with van der Waals surface area (Å²) in [5.74, 6) is 1.52. The van der Waals surface area contributed by atoms with Crippen molar-refractivity contribution in [2.75, 3.05) is 13.2 Å². The number of aryl methyl sites for hydroxylation is 2. The highest BCUT2D eigenvalue weighted by molar-refractivity contribution is 5.33. The molecule has 0 atom stereocenters. The summed E-state index contributed by atoms with van der Waals surface area (Å²) in [6.07, 6.45) is 1.88. The largest absolute Gasteiger partial charge is 0.490 e. The quantitative estimate of drug-likeness (QED) is 0.764. The average Bonchev–Trinajstić information content (AvgIpc) is 2.42. The van der Waals surface area contributed by atoms with E-state index in [-0.39, 0.29) is 5.41 Å². The molecule has 0 saturated carbocycles. The Hall–Kier alpha value is -2.03. The minimum Gasteiger partial charge on any atom is -0.490 e. The molecule has 0 N–H and O–H groups in total. The third kappa shape index (κ3) is 4.76. The standard InChI is InChI=1S/C19H25NO2/c1-14-10-15(2)12-17(11-14)21-8-9-22-18-7-6-16(13-20-18)19(3,4)5/h6-7,10-13H,8-9H2,1-5H3. The lowest BCUT2D eigenvalue weighted by atomic mass is 9.88. The number of pyridine rings is 1. The Morgan fingerprint density at radius 1 is 0.909 bits per heavy atom. The fourth-order valence-corrected chi connectivity index (χ4v) is 2.23. The Kier molecular flexibility index (Phi) is 5.07. The molecule has 0 unspecified atom stereocenters. The van der Waals surface area contributed by atoms with Crippen LogP contribution in [-0.4, -0.2) is 18.2 Å². The summed E-state index contributed by atoms with van der Waals surface area (Å²) in [6, 6.07) is 10.2. The van der Waals surface area contributed by atoms with E-state index in [1.54, 1.807) is 0 Å². The van der Waals surface area contributed by atoms with Crippen LogP contribution < -0.4 is 9.47 Å². The zero-order valence-electron chi connectivity index (χ0n) is 14.1. The number of ether oxygens (including phenoxy) is 2. The van der Waals surface area contributed by atoms with Crippen molar-refractivity contribution in [1.82, 2.24) is 4.98 Å². The molecule has 22 heavy (non-hydrogen) atoms. The summed E-state index contributed by atoms with van der Waals surface area (Å²) < 4.78 is 11.3. The second-order valence-electron chi connectivity index (χ2n) is 6.66. The molecule has 0 radical (unpaired) electrons. The van der Waals surface area contributed by atoms with Crippen LogP contribution in [0, 0.1) is 13.8 Å². The van der Waals surface area contributed by atoms with Gasteiger partial charge >= 0.3 is 0 Å². The molecule has 1 aromatic heterocycles. The predicted octanol–water partition coefficient (Wildman–Crippen LogP) is 4.45. The number of nitrogens with zero attached hydrogens (tertiary/aromatic N) is 1. The van der Waals surface area contributed by atoms with Gasteiger partial charge in [-0.15, -0.1) is 0 Å². The Balaban J connectivity index is 1.81. The van der Waals surface area contributed by atoms with Gasteiger partial charge in [-0.1, -0.05) is 32.9 Å². The van der Waals surface area contributed by atoms with Gasteiger partial charge in [0.1, 0.15) is 19.0 Å². The molecular weight excluding hydrogens is 274 g/mol. The van der Waals surface area contributed by atoms with Crippen LogP contribution in [0.3, 0.4) is 0 Å². The van der Waals surface area contributed by atoms with Gasteiger partial charge in [-0.05, 0) is 48.1 Å². The first-order chi connectivity index (χ1) is 10.3. The first-order valence-electron chi connectivity index (χ1n) is 7.65. The van der Waals surface area contributed by atoms with E-state index in [0.29, 0.717) is 19.1 Å². The lowest BCUT2D eigenvalue weighted by Gasteiger charge is -2.18. The first kappa shape index (κ1) is 16.3. The normalized spacial score (nSPS) is 11.3. The maximum absolute atomic E-state index is 5.71. The van der Waals surface area contributed by atoms with E-state index in [4.69, 9.17) is 9.47 Å². The van der Waals surface area contributed by atoms with E-state index in [9.17, 15) is 0 Å². The Labute approximate surface area is 133 Å². The third-order valence-corrected chi connectivity index (χ3v) is 3.40. The van der Waals surface area contributed by atoms with Crippen molar-refractivity contribution in [3.05, 3.63) is 53.2 Å². The zero-order valence-corrected chi connectivity index (χ0v) is 14.1. The van der Waals surface area contributed by atoms with Gasteiger partial charge in [-0.25, -0.2) is 4.98 Å². The van der Waals surface area contributed by atoms with Gasteiger partial charge in [-0.2, -0.15) is 0 Å². The van der Waals surface area contributed by atoms with Gasteiger partial charge in [0.05, 0.1) is 0 Å². The van der Waals surface area contributed by atoms with Crippen LogP contribution in [0.25, 0.3) is 0 Å². The fourth-order valence-electron chi connectivity index (χ4n) is 2.23. The van der Waals surface area contributed by atoms with E-state index < -0.39 is 0 Å². The molecule has 1 heterocycles. The van der Waals surface area contributed by atoms with Crippen LogP contribution in [-0.2, 0) is 5.41 Å². The van der Waals surface area contributed by atoms with Crippen molar-refractivity contribution in [1.29, 1.82) is 0 Å². The topological polar surface area (TPSA) is 31.4 Å². The molecule has 0 fully saturated rings. The maximum Gasteiger partial charge on any atom is 0.213 e. The number of hydrogen-bond acceptors (Lipinski definition) is 3. The highest BCUT2D eigenvalue weighted by Gasteiger charge is 2.13. The minimum atomic E-state index is 0.109. The van der Waals surface area contributed by atoms with Crippen LogP contribution in [0.4, 0.5) is 0 Å². The summed E-state index contributed by atoms with van der Waals surface area (Å²) in [5, 5.41) is 0. The molecule has 2 rings (SSSR count). The summed E-state index contributed by atoms with van der Waals surface area (Å²) in [4.78, 5) is 4.34. The lowest BCUT2D eigenvalue weighted by Crippen LogP contribution is -2.12. The Morgan fingerprint density at radius 2 is 1.55 bits per heavy atom. The second-order valence-corrected chi connectivity index (χ2v) is 6.66. The number of benzene rings is 1. The molecule has 0 aliphatic carbocycles. The molecular formula is C19H25NO2. The van der Waals surface area contributed by atoms with Gasteiger partial charge in [0.2, 0.25) is 5.88 Å². The highest BCUT2D eigenvalue weighted by Crippen LogP contribution is 2.22. The van der Waals surface area contributed by atoms with Crippen molar-refractivity contribution in [3.63, 3.8) is 0 Å². The molecule has 118 valence electrons. The van der Waals surface area contributed by atoms with Crippen LogP contribution in [0.1, 0.15) is 37.5 Å². The molecule has 0 bridgehead atoms. The van der Waals surface area contributed by atoms with Crippen molar-refractivity contribution in [2.45, 2.75) is 40.0 Å². The van der Waals surface area contributed by atoms with Crippen LogP contribution in [0.5, 0.6) is 11.6 Å². The monoisotopic (exact) mass is 299 g/mol.